The lowest BCUT2D eigenvalue weighted by atomic mass is 10.0. The first-order chi connectivity index (χ1) is 10.7. The number of nitrogens with zero attached hydrogens (tertiary/aromatic N) is 1. The molecule has 1 amide bonds. The van der Waals surface area contributed by atoms with Crippen molar-refractivity contribution in [3.8, 4) is 0 Å². The predicted molar refractivity (Wildman–Crippen MR) is 83.5 cm³/mol. The van der Waals surface area contributed by atoms with Gasteiger partial charge in [-0.05, 0) is 38.0 Å². The highest BCUT2D eigenvalue weighted by molar-refractivity contribution is 5.82. The monoisotopic (exact) mass is 311 g/mol. The quantitative estimate of drug-likeness (QED) is 0.533. The van der Waals surface area contributed by atoms with Gasteiger partial charge in [0.25, 0.3) is 0 Å². The highest BCUT2D eigenvalue weighted by Gasteiger charge is 2.50. The molecule has 3 unspecified atom stereocenters. The van der Waals surface area contributed by atoms with E-state index in [1.807, 2.05) is 0 Å². The summed E-state index contributed by atoms with van der Waals surface area (Å²) in [6.07, 6.45) is 7.32. The normalized spacial score (nSPS) is 26.8. The fraction of sp³-hybridized carbons (Fsp3) is 0.882. The fourth-order valence-electron chi connectivity index (χ4n) is 3.55. The maximum absolute atomic E-state index is 12.4. The lowest BCUT2D eigenvalue weighted by Gasteiger charge is -2.27. The Kier molecular flexibility index (Phi) is 6.52. The number of fused-ring (bicyclic) bond motifs is 1. The van der Waals surface area contributed by atoms with Crippen LogP contribution in [0, 0.1) is 5.92 Å². The van der Waals surface area contributed by atoms with E-state index in [1.165, 1.54) is 0 Å². The van der Waals surface area contributed by atoms with Crippen LogP contribution in [-0.4, -0.2) is 42.3 Å². The third-order valence-electron chi connectivity index (χ3n) is 4.79. The first-order valence-corrected chi connectivity index (χ1v) is 8.80. The van der Waals surface area contributed by atoms with E-state index in [0.29, 0.717) is 19.1 Å². The van der Waals surface area contributed by atoms with Crippen molar-refractivity contribution in [3.05, 3.63) is 0 Å². The highest BCUT2D eigenvalue weighted by atomic mass is 16.6. The molecule has 2 rings (SSSR count). The number of carbonyl (C=O) groups excluding carboxylic acids is 2. The molecule has 1 aliphatic heterocycles. The van der Waals surface area contributed by atoms with E-state index >= 15 is 0 Å². The Morgan fingerprint density at radius 3 is 2.41 bits per heavy atom. The lowest BCUT2D eigenvalue weighted by molar-refractivity contribution is -0.149. The fourth-order valence-corrected chi connectivity index (χ4v) is 3.55. The minimum absolute atomic E-state index is 0.165. The summed E-state index contributed by atoms with van der Waals surface area (Å²) in [4.78, 5) is 26.4. The van der Waals surface area contributed by atoms with Gasteiger partial charge in [-0.3, -0.25) is 4.90 Å². The number of rotatable bonds is 7. The molecule has 0 aromatic heterocycles. The third-order valence-corrected chi connectivity index (χ3v) is 4.79. The van der Waals surface area contributed by atoms with Gasteiger partial charge in [0.1, 0.15) is 6.04 Å². The van der Waals surface area contributed by atoms with Crippen LogP contribution in [0.3, 0.4) is 0 Å². The van der Waals surface area contributed by atoms with Gasteiger partial charge in [0.2, 0.25) is 0 Å². The Labute approximate surface area is 133 Å². The number of ether oxygens (including phenoxy) is 2. The van der Waals surface area contributed by atoms with Gasteiger partial charge in [-0.1, -0.05) is 33.1 Å². The summed E-state index contributed by atoms with van der Waals surface area (Å²) in [6, 6.07) is -0.279. The van der Waals surface area contributed by atoms with Gasteiger partial charge in [0.05, 0.1) is 13.2 Å². The second-order valence-electron chi connectivity index (χ2n) is 6.41. The molecule has 22 heavy (non-hydrogen) atoms. The zero-order valence-corrected chi connectivity index (χ0v) is 13.9. The molecule has 5 heteroatoms. The molecular weight excluding hydrogens is 282 g/mol. The Balaban J connectivity index is 1.97. The molecule has 0 bridgehead atoms. The van der Waals surface area contributed by atoms with E-state index in [4.69, 9.17) is 9.47 Å². The number of likely N-dealkylation sites (tertiary alicyclic amines) is 1. The molecule has 126 valence electrons. The molecule has 0 aromatic rings. The molecule has 2 aliphatic rings. The van der Waals surface area contributed by atoms with Gasteiger partial charge in [0, 0.05) is 6.04 Å². The molecule has 1 saturated heterocycles. The molecule has 0 radical (unpaired) electrons. The number of esters is 1. The number of carbonyl (C=O) groups is 2. The van der Waals surface area contributed by atoms with Crippen LogP contribution >= 0.6 is 0 Å². The Bertz CT molecular complexity index is 385. The standard InChI is InChI=1S/C17H29NO4/c1-3-5-10-21-16(19)15-12-13-8-7-9-14(13)18(15)17(20)22-11-6-4-2/h13-15H,3-12H2,1-2H3. The summed E-state index contributed by atoms with van der Waals surface area (Å²) in [5, 5.41) is 0. The third kappa shape index (κ3) is 3.93. The van der Waals surface area contributed by atoms with Crippen molar-refractivity contribution < 1.29 is 19.1 Å². The van der Waals surface area contributed by atoms with Crippen molar-refractivity contribution >= 4 is 12.1 Å². The van der Waals surface area contributed by atoms with Crippen molar-refractivity contribution in [1.29, 1.82) is 0 Å². The van der Waals surface area contributed by atoms with Gasteiger partial charge in [-0.2, -0.15) is 0 Å². The van der Waals surface area contributed by atoms with Gasteiger partial charge < -0.3 is 9.47 Å². The van der Waals surface area contributed by atoms with Crippen molar-refractivity contribution in [1.82, 2.24) is 4.90 Å². The molecule has 1 aliphatic carbocycles. The molecule has 0 N–H and O–H groups in total. The summed E-state index contributed by atoms with van der Waals surface area (Å²) in [5.41, 5.74) is 0. The topological polar surface area (TPSA) is 55.8 Å². The van der Waals surface area contributed by atoms with Crippen LogP contribution in [0.5, 0.6) is 0 Å². The Morgan fingerprint density at radius 2 is 1.73 bits per heavy atom. The van der Waals surface area contributed by atoms with Crippen LogP contribution in [0.2, 0.25) is 0 Å². The van der Waals surface area contributed by atoms with Gasteiger partial charge in [-0.15, -0.1) is 0 Å². The second kappa shape index (κ2) is 8.39. The van der Waals surface area contributed by atoms with Gasteiger partial charge >= 0.3 is 12.1 Å². The highest BCUT2D eigenvalue weighted by Crippen LogP contribution is 2.41. The summed E-state index contributed by atoms with van der Waals surface area (Å²) in [7, 11) is 0. The Hall–Kier alpha value is -1.26. The summed E-state index contributed by atoms with van der Waals surface area (Å²) in [5.74, 6) is 0.178. The van der Waals surface area contributed by atoms with Crippen LogP contribution in [0.4, 0.5) is 4.79 Å². The van der Waals surface area contributed by atoms with Crippen LogP contribution in [0.1, 0.15) is 65.2 Å². The van der Waals surface area contributed by atoms with E-state index in [9.17, 15) is 9.59 Å². The molecule has 5 nitrogen and oxygen atoms in total. The average Bonchev–Trinajstić information content (AvgIpc) is 3.07. The van der Waals surface area contributed by atoms with Crippen molar-refractivity contribution in [2.45, 2.75) is 77.3 Å². The predicted octanol–water partition coefficient (Wildman–Crippen LogP) is 3.51. The molecule has 2 fully saturated rings. The SMILES string of the molecule is CCCCOC(=O)C1CC2CCCC2N1C(=O)OCCCC. The van der Waals surface area contributed by atoms with Gasteiger partial charge in [0.15, 0.2) is 0 Å². The van der Waals surface area contributed by atoms with Crippen molar-refractivity contribution in [2.75, 3.05) is 13.2 Å². The first kappa shape index (κ1) is 17.1. The summed E-state index contributed by atoms with van der Waals surface area (Å²) >= 11 is 0. The molecule has 0 aromatic carbocycles. The summed E-state index contributed by atoms with van der Waals surface area (Å²) < 4.78 is 10.7. The summed E-state index contributed by atoms with van der Waals surface area (Å²) in [6.45, 7) is 5.00. The second-order valence-corrected chi connectivity index (χ2v) is 6.41. The molecule has 3 atom stereocenters. The van der Waals surface area contributed by atoms with E-state index in [0.717, 1.165) is 51.4 Å². The maximum atomic E-state index is 12.4. The van der Waals surface area contributed by atoms with E-state index in [2.05, 4.69) is 13.8 Å². The minimum Gasteiger partial charge on any atom is -0.464 e. The lowest BCUT2D eigenvalue weighted by Crippen LogP contribution is -2.46. The first-order valence-electron chi connectivity index (χ1n) is 8.80. The van der Waals surface area contributed by atoms with Crippen molar-refractivity contribution in [3.63, 3.8) is 0 Å². The van der Waals surface area contributed by atoms with Gasteiger partial charge in [-0.25, -0.2) is 9.59 Å². The van der Waals surface area contributed by atoms with Crippen LogP contribution < -0.4 is 0 Å². The average molecular weight is 311 g/mol. The minimum atomic E-state index is -0.443. The largest absolute Gasteiger partial charge is 0.464 e. The molecular formula is C17H29NO4. The molecule has 0 spiro atoms. The van der Waals surface area contributed by atoms with Crippen LogP contribution in [-0.2, 0) is 14.3 Å². The molecule has 1 saturated carbocycles. The Morgan fingerprint density at radius 1 is 1.05 bits per heavy atom. The van der Waals surface area contributed by atoms with Crippen molar-refractivity contribution in [2.24, 2.45) is 5.92 Å². The smallest absolute Gasteiger partial charge is 0.410 e. The number of amides is 1. The number of hydrogen-bond donors (Lipinski definition) is 0. The van der Waals surface area contributed by atoms with Crippen LogP contribution in [0.25, 0.3) is 0 Å². The zero-order valence-electron chi connectivity index (χ0n) is 13.9. The molecule has 1 heterocycles. The van der Waals surface area contributed by atoms with E-state index < -0.39 is 6.04 Å². The van der Waals surface area contributed by atoms with E-state index in [-0.39, 0.29) is 18.1 Å². The number of unbranched alkanes of at least 4 members (excludes halogenated alkanes) is 2. The number of hydrogen-bond acceptors (Lipinski definition) is 4. The van der Waals surface area contributed by atoms with E-state index in [1.54, 1.807) is 4.90 Å². The van der Waals surface area contributed by atoms with Crippen LogP contribution in [0.15, 0.2) is 0 Å². The maximum Gasteiger partial charge on any atom is 0.410 e. The zero-order chi connectivity index (χ0) is 15.9.